The third-order valence-electron chi connectivity index (χ3n) is 3.15. The largest absolute Gasteiger partial charge is 0.419 e. The summed E-state index contributed by atoms with van der Waals surface area (Å²) in [6.07, 6.45) is -4.87. The Kier molecular flexibility index (Phi) is 7.64. The number of hydrogen-bond donors (Lipinski definition) is 2. The Morgan fingerprint density at radius 2 is 1.76 bits per heavy atom. The summed E-state index contributed by atoms with van der Waals surface area (Å²) < 4.78 is 51.7. The molecule has 0 radical (unpaired) electrons. The standard InChI is InChI=1S/C14H19F4NO.ClH/c1-8(2)6-7-11(20)13(19)9-4-3-5-10(12(9)15)14(16,17)18;/h3-5,8,11,13,20H,6-7,19H2,1-2H3;1H/t11-,13+;/m0./s1. The summed E-state index contributed by atoms with van der Waals surface area (Å²) in [5, 5.41) is 9.87. The van der Waals surface area contributed by atoms with E-state index in [0.29, 0.717) is 24.8 Å². The number of aliphatic hydroxyl groups excluding tert-OH is 1. The van der Waals surface area contributed by atoms with Crippen LogP contribution in [0.5, 0.6) is 0 Å². The van der Waals surface area contributed by atoms with Gasteiger partial charge in [-0.2, -0.15) is 13.2 Å². The number of hydrogen-bond acceptors (Lipinski definition) is 2. The van der Waals surface area contributed by atoms with Crippen molar-refractivity contribution in [3.63, 3.8) is 0 Å². The van der Waals surface area contributed by atoms with E-state index >= 15 is 0 Å². The molecule has 2 atom stereocenters. The van der Waals surface area contributed by atoms with E-state index in [1.54, 1.807) is 0 Å². The van der Waals surface area contributed by atoms with Crippen molar-refractivity contribution >= 4 is 12.4 Å². The van der Waals surface area contributed by atoms with Crippen molar-refractivity contribution in [2.75, 3.05) is 0 Å². The molecule has 0 heterocycles. The Balaban J connectivity index is 0.00000400. The van der Waals surface area contributed by atoms with Gasteiger partial charge in [0.05, 0.1) is 17.7 Å². The molecular weight excluding hydrogens is 310 g/mol. The van der Waals surface area contributed by atoms with E-state index in [1.807, 2.05) is 13.8 Å². The van der Waals surface area contributed by atoms with Gasteiger partial charge in [0.15, 0.2) is 0 Å². The number of aliphatic hydroxyl groups is 1. The van der Waals surface area contributed by atoms with E-state index in [2.05, 4.69) is 0 Å². The van der Waals surface area contributed by atoms with Crippen LogP contribution >= 0.6 is 12.4 Å². The highest BCUT2D eigenvalue weighted by molar-refractivity contribution is 5.85. The van der Waals surface area contributed by atoms with Gasteiger partial charge in [-0.1, -0.05) is 26.0 Å². The van der Waals surface area contributed by atoms with Crippen LogP contribution in [0.15, 0.2) is 18.2 Å². The fraction of sp³-hybridized carbons (Fsp3) is 0.571. The molecule has 0 bridgehead atoms. The van der Waals surface area contributed by atoms with Crippen molar-refractivity contribution in [3.05, 3.63) is 35.1 Å². The lowest BCUT2D eigenvalue weighted by atomic mass is 9.94. The van der Waals surface area contributed by atoms with Gasteiger partial charge in [0.2, 0.25) is 0 Å². The minimum absolute atomic E-state index is 0. The zero-order valence-electron chi connectivity index (χ0n) is 11.8. The summed E-state index contributed by atoms with van der Waals surface area (Å²) in [7, 11) is 0. The Morgan fingerprint density at radius 1 is 1.19 bits per heavy atom. The average molecular weight is 330 g/mol. The highest BCUT2D eigenvalue weighted by Crippen LogP contribution is 2.34. The summed E-state index contributed by atoms with van der Waals surface area (Å²) >= 11 is 0. The van der Waals surface area contributed by atoms with E-state index < -0.39 is 29.7 Å². The Labute approximate surface area is 127 Å². The summed E-state index contributed by atoms with van der Waals surface area (Å²) in [5.74, 6) is -1.08. The second-order valence-electron chi connectivity index (χ2n) is 5.27. The van der Waals surface area contributed by atoms with Crippen LogP contribution in [0.25, 0.3) is 0 Å². The maximum absolute atomic E-state index is 13.9. The maximum atomic E-state index is 13.9. The fourth-order valence-corrected chi connectivity index (χ4v) is 1.92. The topological polar surface area (TPSA) is 46.2 Å². The number of halogens is 5. The highest BCUT2D eigenvalue weighted by Gasteiger charge is 2.36. The minimum Gasteiger partial charge on any atom is -0.391 e. The summed E-state index contributed by atoms with van der Waals surface area (Å²) in [5.41, 5.74) is 4.01. The lowest BCUT2D eigenvalue weighted by Gasteiger charge is -2.21. The van der Waals surface area contributed by atoms with E-state index in [0.717, 1.165) is 6.07 Å². The first-order valence-corrected chi connectivity index (χ1v) is 6.43. The normalized spacial score (nSPS) is 14.7. The quantitative estimate of drug-likeness (QED) is 0.800. The van der Waals surface area contributed by atoms with E-state index in [1.165, 1.54) is 6.07 Å². The van der Waals surface area contributed by atoms with Crippen LogP contribution in [-0.4, -0.2) is 11.2 Å². The molecule has 0 aliphatic rings. The van der Waals surface area contributed by atoms with Crippen LogP contribution in [-0.2, 0) is 6.18 Å². The van der Waals surface area contributed by atoms with Gasteiger partial charge in [0.25, 0.3) is 0 Å². The van der Waals surface area contributed by atoms with E-state index in [4.69, 9.17) is 5.73 Å². The molecule has 0 aromatic heterocycles. The highest BCUT2D eigenvalue weighted by atomic mass is 35.5. The number of alkyl halides is 3. The van der Waals surface area contributed by atoms with Gasteiger partial charge in [0, 0.05) is 5.56 Å². The molecule has 0 aliphatic heterocycles. The number of rotatable bonds is 5. The molecule has 0 amide bonds. The molecule has 122 valence electrons. The molecule has 0 spiro atoms. The van der Waals surface area contributed by atoms with Gasteiger partial charge in [-0.15, -0.1) is 12.4 Å². The first-order valence-electron chi connectivity index (χ1n) is 6.43. The zero-order valence-corrected chi connectivity index (χ0v) is 12.6. The lowest BCUT2D eigenvalue weighted by Crippen LogP contribution is -2.28. The van der Waals surface area contributed by atoms with Crippen molar-refractivity contribution in [3.8, 4) is 0 Å². The van der Waals surface area contributed by atoms with Gasteiger partial charge in [-0.3, -0.25) is 0 Å². The SMILES string of the molecule is CC(C)CC[C@H](O)[C@H](N)c1cccc(C(F)(F)F)c1F.Cl. The minimum atomic E-state index is -4.78. The molecule has 1 aromatic carbocycles. The molecule has 3 N–H and O–H groups in total. The molecule has 0 saturated carbocycles. The third-order valence-corrected chi connectivity index (χ3v) is 3.15. The second kappa shape index (κ2) is 7.96. The van der Waals surface area contributed by atoms with Crippen LogP contribution in [0.3, 0.4) is 0 Å². The Morgan fingerprint density at radius 3 is 2.24 bits per heavy atom. The van der Waals surface area contributed by atoms with Crippen LogP contribution in [0, 0.1) is 11.7 Å². The van der Waals surface area contributed by atoms with E-state index in [-0.39, 0.29) is 18.0 Å². The van der Waals surface area contributed by atoms with Crippen molar-refractivity contribution in [2.45, 2.75) is 45.0 Å². The maximum Gasteiger partial charge on any atom is 0.419 e. The molecule has 2 nitrogen and oxygen atoms in total. The summed E-state index contributed by atoms with van der Waals surface area (Å²) in [6, 6.07) is 1.76. The molecular formula is C14H20ClF4NO. The van der Waals surface area contributed by atoms with Gasteiger partial charge in [-0.05, 0) is 24.8 Å². The van der Waals surface area contributed by atoms with E-state index in [9.17, 15) is 22.7 Å². The van der Waals surface area contributed by atoms with Gasteiger partial charge in [-0.25, -0.2) is 4.39 Å². The third kappa shape index (κ3) is 5.45. The molecule has 0 saturated heterocycles. The smallest absolute Gasteiger partial charge is 0.391 e. The van der Waals surface area contributed by atoms with Crippen molar-refractivity contribution in [1.82, 2.24) is 0 Å². The first kappa shape index (κ1) is 20.1. The van der Waals surface area contributed by atoms with Gasteiger partial charge in [0.1, 0.15) is 5.82 Å². The van der Waals surface area contributed by atoms with Crippen LogP contribution < -0.4 is 5.73 Å². The second-order valence-corrected chi connectivity index (χ2v) is 5.27. The molecule has 0 fully saturated rings. The molecule has 21 heavy (non-hydrogen) atoms. The summed E-state index contributed by atoms with van der Waals surface area (Å²) in [6.45, 7) is 3.90. The first-order chi connectivity index (χ1) is 9.14. The number of benzene rings is 1. The number of nitrogens with two attached hydrogens (primary N) is 1. The van der Waals surface area contributed by atoms with Crippen LogP contribution in [0.1, 0.15) is 43.9 Å². The summed E-state index contributed by atoms with van der Waals surface area (Å²) in [4.78, 5) is 0. The van der Waals surface area contributed by atoms with Crippen LogP contribution in [0.2, 0.25) is 0 Å². The molecule has 1 aromatic rings. The Hall–Kier alpha value is -0.850. The van der Waals surface area contributed by atoms with Crippen molar-refractivity contribution < 1.29 is 22.7 Å². The monoisotopic (exact) mass is 329 g/mol. The van der Waals surface area contributed by atoms with Crippen LogP contribution in [0.4, 0.5) is 17.6 Å². The van der Waals surface area contributed by atoms with Crippen molar-refractivity contribution in [2.24, 2.45) is 11.7 Å². The molecule has 1 rings (SSSR count). The molecule has 0 unspecified atom stereocenters. The molecule has 7 heteroatoms. The zero-order chi connectivity index (χ0) is 15.5. The van der Waals surface area contributed by atoms with Gasteiger partial charge < -0.3 is 10.8 Å². The average Bonchev–Trinajstić information content (AvgIpc) is 2.33. The fourth-order valence-electron chi connectivity index (χ4n) is 1.92. The van der Waals surface area contributed by atoms with Gasteiger partial charge >= 0.3 is 6.18 Å². The lowest BCUT2D eigenvalue weighted by molar-refractivity contribution is -0.140. The van der Waals surface area contributed by atoms with Crippen molar-refractivity contribution in [1.29, 1.82) is 0 Å². The predicted molar refractivity (Wildman–Crippen MR) is 75.7 cm³/mol. The molecule has 0 aliphatic carbocycles. The predicted octanol–water partition coefficient (Wildman–Crippen LogP) is 4.06. The Bertz CT molecular complexity index is 451.